The van der Waals surface area contributed by atoms with Crippen molar-refractivity contribution >= 4 is 17.8 Å². The zero-order valence-corrected chi connectivity index (χ0v) is 16.0. The summed E-state index contributed by atoms with van der Waals surface area (Å²) in [6.07, 6.45) is 1.84. The Morgan fingerprint density at radius 3 is 2.38 bits per heavy atom. The minimum absolute atomic E-state index is 0.0194. The molecule has 8 heteroatoms. The molecule has 26 heavy (non-hydrogen) atoms. The first-order valence-corrected chi connectivity index (χ1v) is 9.06. The molecule has 1 aromatic rings. The third-order valence-corrected chi connectivity index (χ3v) is 4.95. The second-order valence-corrected chi connectivity index (χ2v) is 6.92. The van der Waals surface area contributed by atoms with Crippen LogP contribution in [0.4, 0.5) is 0 Å². The first-order valence-electron chi connectivity index (χ1n) is 9.06. The van der Waals surface area contributed by atoms with Crippen LogP contribution in [-0.2, 0) is 16.1 Å². The van der Waals surface area contributed by atoms with Crippen molar-refractivity contribution in [3.63, 3.8) is 0 Å². The molecule has 1 aliphatic heterocycles. The minimum atomic E-state index is -0.806. The maximum Gasteiger partial charge on any atom is 0.306 e. The summed E-state index contributed by atoms with van der Waals surface area (Å²) in [6, 6.07) is 0. The number of carboxylic acid groups (broad SMARTS) is 1. The average molecular weight is 364 g/mol. The van der Waals surface area contributed by atoms with E-state index in [0.29, 0.717) is 37.2 Å². The van der Waals surface area contributed by atoms with Crippen LogP contribution < -0.4 is 0 Å². The number of carbonyl (C=O) groups is 3. The predicted molar refractivity (Wildman–Crippen MR) is 95.9 cm³/mol. The fourth-order valence-electron chi connectivity index (χ4n) is 3.38. The third-order valence-electron chi connectivity index (χ3n) is 4.95. The van der Waals surface area contributed by atoms with Gasteiger partial charge >= 0.3 is 5.97 Å². The van der Waals surface area contributed by atoms with Crippen molar-refractivity contribution in [3.8, 4) is 0 Å². The lowest BCUT2D eigenvalue weighted by atomic mass is 9.97. The van der Waals surface area contributed by atoms with Gasteiger partial charge < -0.3 is 14.9 Å². The molecule has 1 aromatic heterocycles. The van der Waals surface area contributed by atoms with E-state index >= 15 is 0 Å². The van der Waals surface area contributed by atoms with Crippen molar-refractivity contribution in [1.29, 1.82) is 0 Å². The van der Waals surface area contributed by atoms with Gasteiger partial charge in [0.05, 0.1) is 23.7 Å². The molecule has 0 aromatic carbocycles. The van der Waals surface area contributed by atoms with Gasteiger partial charge in [-0.05, 0) is 33.1 Å². The summed E-state index contributed by atoms with van der Waals surface area (Å²) >= 11 is 0. The monoisotopic (exact) mass is 364 g/mol. The van der Waals surface area contributed by atoms with Gasteiger partial charge in [-0.2, -0.15) is 5.10 Å². The van der Waals surface area contributed by atoms with Crippen molar-refractivity contribution in [2.75, 3.05) is 26.7 Å². The van der Waals surface area contributed by atoms with E-state index in [1.165, 1.54) is 4.90 Å². The summed E-state index contributed by atoms with van der Waals surface area (Å²) < 4.78 is 1.83. The fraction of sp³-hybridized carbons (Fsp3) is 0.667. The highest BCUT2D eigenvalue weighted by molar-refractivity contribution is 5.98. The molecule has 0 radical (unpaired) electrons. The van der Waals surface area contributed by atoms with Crippen molar-refractivity contribution < 1.29 is 19.5 Å². The van der Waals surface area contributed by atoms with Gasteiger partial charge in [0.2, 0.25) is 5.91 Å². The molecule has 0 bridgehead atoms. The van der Waals surface area contributed by atoms with Crippen LogP contribution in [0.5, 0.6) is 0 Å². The Hall–Kier alpha value is -2.38. The first-order chi connectivity index (χ1) is 12.3. The molecule has 2 amide bonds. The Bertz CT molecular complexity index is 690. The Morgan fingerprint density at radius 1 is 1.23 bits per heavy atom. The lowest BCUT2D eigenvalue weighted by Gasteiger charge is -2.31. The standard InChI is InChI=1S/C18H28N4O4/c1-5-8-22-13(3)16(12(2)19-22)17(24)20(4)11-15(23)21-9-6-14(7-10-21)18(25)26/h14H,5-11H2,1-4H3,(H,25,26). The van der Waals surface area contributed by atoms with E-state index in [-0.39, 0.29) is 24.3 Å². The van der Waals surface area contributed by atoms with E-state index in [1.54, 1.807) is 18.9 Å². The Morgan fingerprint density at radius 2 is 1.85 bits per heavy atom. The van der Waals surface area contributed by atoms with Gasteiger partial charge in [0.15, 0.2) is 0 Å². The smallest absolute Gasteiger partial charge is 0.306 e. The number of nitrogens with zero attached hydrogens (tertiary/aromatic N) is 4. The van der Waals surface area contributed by atoms with Crippen LogP contribution in [0.2, 0.25) is 0 Å². The normalized spacial score (nSPS) is 15.2. The number of rotatable bonds is 6. The highest BCUT2D eigenvalue weighted by Crippen LogP contribution is 2.19. The molecule has 1 N–H and O–H groups in total. The van der Waals surface area contributed by atoms with Crippen LogP contribution >= 0.6 is 0 Å². The average Bonchev–Trinajstić information content (AvgIpc) is 2.88. The van der Waals surface area contributed by atoms with Gasteiger partial charge in [0.1, 0.15) is 0 Å². The lowest BCUT2D eigenvalue weighted by molar-refractivity contribution is -0.145. The van der Waals surface area contributed by atoms with Crippen molar-refractivity contribution in [1.82, 2.24) is 19.6 Å². The molecule has 1 aliphatic rings. The first kappa shape index (κ1) is 19.9. The number of carboxylic acids is 1. The molecule has 2 heterocycles. The Kier molecular flexibility index (Phi) is 6.39. The number of hydrogen-bond donors (Lipinski definition) is 1. The fourth-order valence-corrected chi connectivity index (χ4v) is 3.38. The van der Waals surface area contributed by atoms with Crippen LogP contribution in [-0.4, -0.2) is 69.2 Å². The molecule has 2 rings (SSSR count). The van der Waals surface area contributed by atoms with E-state index in [1.807, 2.05) is 11.6 Å². The second kappa shape index (κ2) is 8.33. The van der Waals surface area contributed by atoms with Crippen molar-refractivity contribution in [3.05, 3.63) is 17.0 Å². The lowest BCUT2D eigenvalue weighted by Crippen LogP contribution is -2.45. The van der Waals surface area contributed by atoms with Gasteiger partial charge in [0.25, 0.3) is 5.91 Å². The highest BCUT2D eigenvalue weighted by Gasteiger charge is 2.29. The molecule has 0 spiro atoms. The molecule has 8 nitrogen and oxygen atoms in total. The number of likely N-dealkylation sites (N-methyl/N-ethyl adjacent to an activating group) is 1. The molecule has 1 fully saturated rings. The van der Waals surface area contributed by atoms with Gasteiger partial charge in [-0.3, -0.25) is 19.1 Å². The third kappa shape index (κ3) is 4.23. The van der Waals surface area contributed by atoms with E-state index < -0.39 is 5.97 Å². The summed E-state index contributed by atoms with van der Waals surface area (Å²) in [5, 5.41) is 13.5. The Balaban J connectivity index is 1.99. The molecule has 0 aliphatic carbocycles. The quantitative estimate of drug-likeness (QED) is 0.821. The number of piperidine rings is 1. The SMILES string of the molecule is CCCn1nc(C)c(C(=O)N(C)CC(=O)N2CCC(C(=O)O)CC2)c1C. The summed E-state index contributed by atoms with van der Waals surface area (Å²) in [5.41, 5.74) is 2.04. The second-order valence-electron chi connectivity index (χ2n) is 6.92. The zero-order chi connectivity index (χ0) is 19.4. The summed E-state index contributed by atoms with van der Waals surface area (Å²) in [7, 11) is 1.61. The van der Waals surface area contributed by atoms with Crippen LogP contribution in [0.3, 0.4) is 0 Å². The molecule has 0 atom stereocenters. The van der Waals surface area contributed by atoms with Gasteiger partial charge in [-0.15, -0.1) is 0 Å². The van der Waals surface area contributed by atoms with E-state index in [0.717, 1.165) is 18.7 Å². The maximum atomic E-state index is 12.8. The minimum Gasteiger partial charge on any atom is -0.481 e. The number of aliphatic carboxylic acids is 1. The van der Waals surface area contributed by atoms with E-state index in [9.17, 15) is 14.4 Å². The molecular formula is C18H28N4O4. The molecule has 144 valence electrons. The molecule has 1 saturated heterocycles. The van der Waals surface area contributed by atoms with Gasteiger partial charge in [-0.1, -0.05) is 6.92 Å². The number of carbonyl (C=O) groups excluding carboxylic acids is 2. The number of aryl methyl sites for hydroxylation is 2. The van der Waals surface area contributed by atoms with E-state index in [4.69, 9.17) is 5.11 Å². The molecule has 0 saturated carbocycles. The summed E-state index contributed by atoms with van der Waals surface area (Å²) in [6.45, 7) is 7.30. The van der Waals surface area contributed by atoms with Crippen LogP contribution in [0, 0.1) is 19.8 Å². The summed E-state index contributed by atoms with van der Waals surface area (Å²) in [4.78, 5) is 39.3. The topological polar surface area (TPSA) is 95.7 Å². The number of amides is 2. The summed E-state index contributed by atoms with van der Waals surface area (Å²) in [5.74, 6) is -1.55. The Labute approximate surface area is 153 Å². The van der Waals surface area contributed by atoms with Crippen molar-refractivity contribution in [2.24, 2.45) is 5.92 Å². The van der Waals surface area contributed by atoms with Gasteiger partial charge in [-0.25, -0.2) is 0 Å². The number of aromatic nitrogens is 2. The molecule has 0 unspecified atom stereocenters. The van der Waals surface area contributed by atoms with Gasteiger partial charge in [0, 0.05) is 32.4 Å². The predicted octanol–water partition coefficient (Wildman–Crippen LogP) is 1.31. The highest BCUT2D eigenvalue weighted by atomic mass is 16.4. The largest absolute Gasteiger partial charge is 0.481 e. The van der Waals surface area contributed by atoms with Crippen LogP contribution in [0.25, 0.3) is 0 Å². The maximum absolute atomic E-state index is 12.8. The molecular weight excluding hydrogens is 336 g/mol. The number of likely N-dealkylation sites (tertiary alicyclic amines) is 1. The number of hydrogen-bond acceptors (Lipinski definition) is 4. The van der Waals surface area contributed by atoms with Crippen LogP contribution in [0.15, 0.2) is 0 Å². The van der Waals surface area contributed by atoms with E-state index in [2.05, 4.69) is 12.0 Å². The zero-order valence-electron chi connectivity index (χ0n) is 16.0. The van der Waals surface area contributed by atoms with Crippen molar-refractivity contribution in [2.45, 2.75) is 46.6 Å². The van der Waals surface area contributed by atoms with Crippen LogP contribution in [0.1, 0.15) is 47.9 Å².